The number of anilines is 1. The number of hydrogen-bond acceptors (Lipinski definition) is 5. The molecule has 0 aliphatic heterocycles. The highest BCUT2D eigenvalue weighted by atomic mass is 127. The van der Waals surface area contributed by atoms with Crippen LogP contribution < -0.4 is 20.2 Å². The molecule has 28 heavy (non-hydrogen) atoms. The average molecular weight is 497 g/mol. The molecule has 0 atom stereocenters. The number of halogens is 1. The second kappa shape index (κ2) is 9.93. The fourth-order valence-corrected chi connectivity index (χ4v) is 3.07. The van der Waals surface area contributed by atoms with Crippen LogP contribution in [0.1, 0.15) is 16.7 Å². The van der Waals surface area contributed by atoms with Crippen molar-refractivity contribution < 1.29 is 24.2 Å². The van der Waals surface area contributed by atoms with Crippen LogP contribution in [0.4, 0.5) is 10.5 Å². The van der Waals surface area contributed by atoms with Gasteiger partial charge in [-0.05, 0) is 71.3 Å². The van der Waals surface area contributed by atoms with Crippen LogP contribution >= 0.6 is 22.6 Å². The second-order valence-corrected chi connectivity index (χ2v) is 6.95. The molecule has 9 heteroatoms. The Balaban J connectivity index is 2.05. The van der Waals surface area contributed by atoms with E-state index in [9.17, 15) is 9.59 Å². The summed E-state index contributed by atoms with van der Waals surface area (Å²) in [5.41, 5.74) is 5.83. The molecule has 2 rings (SSSR count). The maximum absolute atomic E-state index is 12.0. The molecule has 0 aromatic heterocycles. The van der Waals surface area contributed by atoms with Crippen molar-refractivity contribution in [2.45, 2.75) is 13.8 Å². The van der Waals surface area contributed by atoms with E-state index in [1.54, 1.807) is 12.1 Å². The van der Waals surface area contributed by atoms with Crippen LogP contribution in [0.15, 0.2) is 35.4 Å². The highest BCUT2D eigenvalue weighted by molar-refractivity contribution is 14.1. The Morgan fingerprint density at radius 1 is 1.29 bits per heavy atom. The molecule has 0 saturated heterocycles. The second-order valence-electron chi connectivity index (χ2n) is 5.79. The van der Waals surface area contributed by atoms with Crippen molar-refractivity contribution in [2.24, 2.45) is 5.10 Å². The zero-order chi connectivity index (χ0) is 20.7. The fraction of sp³-hybridized carbons (Fsp3) is 0.211. The van der Waals surface area contributed by atoms with E-state index < -0.39 is 18.6 Å². The van der Waals surface area contributed by atoms with Crippen molar-refractivity contribution in [3.8, 4) is 11.5 Å². The van der Waals surface area contributed by atoms with Crippen molar-refractivity contribution in [2.75, 3.05) is 19.0 Å². The van der Waals surface area contributed by atoms with E-state index in [0.717, 1.165) is 11.1 Å². The molecule has 2 aromatic rings. The smallest absolute Gasteiger partial charge is 0.341 e. The van der Waals surface area contributed by atoms with Crippen LogP contribution in [0.3, 0.4) is 0 Å². The molecule has 8 nitrogen and oxygen atoms in total. The number of ether oxygens (including phenoxy) is 2. The Kier molecular flexibility index (Phi) is 7.61. The predicted molar refractivity (Wildman–Crippen MR) is 115 cm³/mol. The molecule has 0 radical (unpaired) electrons. The van der Waals surface area contributed by atoms with Crippen molar-refractivity contribution in [1.82, 2.24) is 5.43 Å². The van der Waals surface area contributed by atoms with Crippen LogP contribution in [-0.2, 0) is 4.79 Å². The lowest BCUT2D eigenvalue weighted by Crippen LogP contribution is -2.24. The van der Waals surface area contributed by atoms with Crippen LogP contribution in [0.2, 0.25) is 0 Å². The number of benzene rings is 2. The van der Waals surface area contributed by atoms with Crippen molar-refractivity contribution in [1.29, 1.82) is 0 Å². The van der Waals surface area contributed by atoms with E-state index in [1.165, 1.54) is 13.3 Å². The predicted octanol–water partition coefficient (Wildman–Crippen LogP) is 3.54. The first-order chi connectivity index (χ1) is 13.3. The minimum absolute atomic E-state index is 0.336. The molecule has 3 N–H and O–H groups in total. The molecule has 2 aromatic carbocycles. The number of aliphatic carboxylic acids is 1. The standard InChI is InChI=1S/C19H20IN3O5/c1-11-5-4-6-15(12(11)2)22-19(26)23-21-9-13-7-14(20)18(16(8-13)27-3)28-10-17(24)25/h4-9H,10H2,1-3H3,(H,24,25)(H2,22,23,26)/b21-9+. The summed E-state index contributed by atoms with van der Waals surface area (Å²) < 4.78 is 11.1. The zero-order valence-corrected chi connectivity index (χ0v) is 17.7. The summed E-state index contributed by atoms with van der Waals surface area (Å²) in [5.74, 6) is -0.375. The van der Waals surface area contributed by atoms with Gasteiger partial charge in [0.1, 0.15) is 0 Å². The monoisotopic (exact) mass is 497 g/mol. The normalized spacial score (nSPS) is 10.6. The summed E-state index contributed by atoms with van der Waals surface area (Å²) in [6.07, 6.45) is 1.45. The zero-order valence-electron chi connectivity index (χ0n) is 15.6. The van der Waals surface area contributed by atoms with Crippen molar-refractivity contribution in [3.63, 3.8) is 0 Å². The van der Waals surface area contributed by atoms with Gasteiger partial charge in [0.2, 0.25) is 0 Å². The van der Waals surface area contributed by atoms with Gasteiger partial charge in [-0.1, -0.05) is 12.1 Å². The lowest BCUT2D eigenvalue weighted by Gasteiger charge is -2.12. The molecule has 0 unspecified atom stereocenters. The lowest BCUT2D eigenvalue weighted by atomic mass is 10.1. The topological polar surface area (TPSA) is 109 Å². The highest BCUT2D eigenvalue weighted by Gasteiger charge is 2.12. The summed E-state index contributed by atoms with van der Waals surface area (Å²) >= 11 is 2.01. The highest BCUT2D eigenvalue weighted by Crippen LogP contribution is 2.33. The Hall–Kier alpha value is -2.82. The molecule has 0 heterocycles. The number of aryl methyl sites for hydroxylation is 1. The number of urea groups is 1. The number of carboxylic acid groups (broad SMARTS) is 1. The summed E-state index contributed by atoms with van der Waals surface area (Å²) in [4.78, 5) is 22.7. The van der Waals surface area contributed by atoms with E-state index >= 15 is 0 Å². The average Bonchev–Trinajstić information content (AvgIpc) is 2.64. The molecule has 0 spiro atoms. The number of methoxy groups -OCH3 is 1. The van der Waals surface area contributed by atoms with Crippen molar-refractivity contribution in [3.05, 3.63) is 50.6 Å². The van der Waals surface area contributed by atoms with E-state index in [-0.39, 0.29) is 0 Å². The summed E-state index contributed by atoms with van der Waals surface area (Å²) in [7, 11) is 1.45. The number of nitrogens with one attached hydrogen (secondary N) is 2. The minimum Gasteiger partial charge on any atom is -0.493 e. The van der Waals surface area contributed by atoms with Gasteiger partial charge in [-0.2, -0.15) is 5.10 Å². The Morgan fingerprint density at radius 2 is 2.04 bits per heavy atom. The molecule has 0 saturated carbocycles. The number of nitrogens with zero attached hydrogens (tertiary/aromatic N) is 1. The van der Waals surface area contributed by atoms with Gasteiger partial charge in [-0.15, -0.1) is 0 Å². The third-order valence-corrected chi connectivity index (χ3v) is 4.63. The summed E-state index contributed by atoms with van der Waals surface area (Å²) in [6.45, 7) is 3.42. The van der Waals surface area contributed by atoms with Gasteiger partial charge in [0.25, 0.3) is 0 Å². The molecule has 0 fully saturated rings. The third kappa shape index (κ3) is 5.84. The summed E-state index contributed by atoms with van der Waals surface area (Å²) in [5, 5.41) is 15.4. The number of hydrazone groups is 1. The Labute approximate surface area is 176 Å². The van der Waals surface area contributed by atoms with Crippen molar-refractivity contribution >= 4 is 46.5 Å². The first-order valence-corrected chi connectivity index (χ1v) is 9.28. The minimum atomic E-state index is -1.08. The summed E-state index contributed by atoms with van der Waals surface area (Å²) in [6, 6.07) is 8.54. The Bertz CT molecular complexity index is 915. The number of carbonyl (C=O) groups is 2. The van der Waals surface area contributed by atoms with E-state index in [2.05, 4.69) is 15.8 Å². The number of carboxylic acids is 1. The van der Waals surface area contributed by atoms with Gasteiger partial charge in [-0.25, -0.2) is 15.0 Å². The lowest BCUT2D eigenvalue weighted by molar-refractivity contribution is -0.139. The SMILES string of the molecule is COc1cc(/C=N/NC(=O)Nc2cccc(C)c2C)cc(I)c1OCC(=O)O. The molecule has 0 aliphatic rings. The van der Waals surface area contributed by atoms with E-state index in [0.29, 0.717) is 26.3 Å². The molecular weight excluding hydrogens is 477 g/mol. The number of carbonyl (C=O) groups excluding carboxylic acids is 1. The van der Waals surface area contributed by atoms with Gasteiger partial charge < -0.3 is 19.9 Å². The quantitative estimate of drug-likeness (QED) is 0.308. The van der Waals surface area contributed by atoms with Crippen LogP contribution in [0, 0.1) is 17.4 Å². The first kappa shape index (κ1) is 21.5. The Morgan fingerprint density at radius 3 is 2.71 bits per heavy atom. The molecule has 0 bridgehead atoms. The largest absolute Gasteiger partial charge is 0.493 e. The molecular formula is C19H20IN3O5. The first-order valence-electron chi connectivity index (χ1n) is 8.20. The van der Waals surface area contributed by atoms with E-state index in [1.807, 2.05) is 54.6 Å². The number of rotatable bonds is 7. The van der Waals surface area contributed by atoms with Crippen LogP contribution in [0.25, 0.3) is 0 Å². The van der Waals surface area contributed by atoms with Gasteiger partial charge >= 0.3 is 12.0 Å². The van der Waals surface area contributed by atoms with Crippen LogP contribution in [-0.4, -0.2) is 37.0 Å². The van der Waals surface area contributed by atoms with E-state index in [4.69, 9.17) is 14.6 Å². The maximum atomic E-state index is 12.0. The van der Waals surface area contributed by atoms with Gasteiger partial charge in [0, 0.05) is 5.69 Å². The molecule has 2 amide bonds. The maximum Gasteiger partial charge on any atom is 0.341 e. The van der Waals surface area contributed by atoms with Gasteiger partial charge in [0.05, 0.1) is 16.9 Å². The molecule has 0 aliphatic carbocycles. The van der Waals surface area contributed by atoms with Crippen LogP contribution in [0.5, 0.6) is 11.5 Å². The number of amides is 2. The van der Waals surface area contributed by atoms with Gasteiger partial charge in [0.15, 0.2) is 18.1 Å². The number of hydrogen-bond donors (Lipinski definition) is 3. The third-order valence-electron chi connectivity index (χ3n) is 3.82. The van der Waals surface area contributed by atoms with Gasteiger partial charge in [-0.3, -0.25) is 0 Å². The molecule has 148 valence electrons. The fourth-order valence-electron chi connectivity index (χ4n) is 2.29.